The summed E-state index contributed by atoms with van der Waals surface area (Å²) in [5.41, 5.74) is 2.35. The van der Waals surface area contributed by atoms with Crippen LogP contribution in [0.15, 0.2) is 53.9 Å². The van der Waals surface area contributed by atoms with Crippen molar-refractivity contribution in [3.63, 3.8) is 0 Å². The first-order valence-electron chi connectivity index (χ1n) is 8.93. The summed E-state index contributed by atoms with van der Waals surface area (Å²) in [4.78, 5) is 38.6. The molecule has 3 rings (SSSR count). The largest absolute Gasteiger partial charge is 0.452 e. The van der Waals surface area contributed by atoms with Gasteiger partial charge in [0.05, 0.1) is 15.6 Å². The second kappa shape index (κ2) is 9.96. The number of nitrogens with one attached hydrogen (secondary N) is 1. The zero-order valence-corrected chi connectivity index (χ0v) is 17.8. The van der Waals surface area contributed by atoms with Crippen LogP contribution in [0.1, 0.15) is 10.6 Å². The maximum absolute atomic E-state index is 12.1. The van der Waals surface area contributed by atoms with Crippen LogP contribution in [0.25, 0.3) is 17.3 Å². The molecule has 0 radical (unpaired) electrons. The average molecular weight is 458 g/mol. The van der Waals surface area contributed by atoms with Crippen LogP contribution in [0.5, 0.6) is 0 Å². The third-order valence-corrected chi connectivity index (χ3v) is 5.08. The van der Waals surface area contributed by atoms with E-state index in [1.165, 1.54) is 35.6 Å². The summed E-state index contributed by atoms with van der Waals surface area (Å²) in [6.07, 6.45) is 2.41. The highest BCUT2D eigenvalue weighted by Gasteiger charge is 2.12. The van der Waals surface area contributed by atoms with Crippen molar-refractivity contribution in [3.8, 4) is 11.3 Å². The average Bonchev–Trinajstić information content (AvgIpc) is 3.18. The highest BCUT2D eigenvalue weighted by molar-refractivity contribution is 7.09. The molecule has 0 atom stereocenters. The molecule has 8 nitrogen and oxygen atoms in total. The number of rotatable bonds is 7. The van der Waals surface area contributed by atoms with Gasteiger partial charge in [-0.1, -0.05) is 29.8 Å². The lowest BCUT2D eigenvalue weighted by Crippen LogP contribution is -2.20. The minimum atomic E-state index is -0.764. The van der Waals surface area contributed by atoms with Crippen LogP contribution in [-0.4, -0.2) is 28.4 Å². The van der Waals surface area contributed by atoms with E-state index in [2.05, 4.69) is 10.3 Å². The Hall–Kier alpha value is -3.56. The molecule has 0 aliphatic heterocycles. The lowest BCUT2D eigenvalue weighted by molar-refractivity contribution is -0.384. The maximum Gasteiger partial charge on any atom is 0.331 e. The molecule has 31 heavy (non-hydrogen) atoms. The third-order valence-electron chi connectivity index (χ3n) is 3.99. The van der Waals surface area contributed by atoms with Crippen molar-refractivity contribution in [3.05, 3.63) is 79.6 Å². The van der Waals surface area contributed by atoms with Crippen LogP contribution in [0.3, 0.4) is 0 Å². The summed E-state index contributed by atoms with van der Waals surface area (Å²) in [7, 11) is 0. The predicted molar refractivity (Wildman–Crippen MR) is 119 cm³/mol. The van der Waals surface area contributed by atoms with Crippen LogP contribution < -0.4 is 5.32 Å². The quantitative estimate of drug-likeness (QED) is 0.234. The van der Waals surface area contributed by atoms with Gasteiger partial charge in [-0.2, -0.15) is 0 Å². The standard InChI is InChI=1S/C21H16ClN3O5S/c1-13-23-18(12-31-13)15-3-2-4-16(10-15)24-20(26)11-30-21(27)8-6-14-5-7-17(22)19(9-14)25(28)29/h2-10,12H,11H2,1H3,(H,24,26)/b8-6+. The number of benzene rings is 2. The van der Waals surface area contributed by atoms with E-state index in [-0.39, 0.29) is 10.7 Å². The van der Waals surface area contributed by atoms with Gasteiger partial charge in [0.25, 0.3) is 11.6 Å². The normalized spacial score (nSPS) is 10.8. The summed E-state index contributed by atoms with van der Waals surface area (Å²) in [6, 6.07) is 11.3. The monoisotopic (exact) mass is 457 g/mol. The number of carbonyl (C=O) groups excluding carboxylic acids is 2. The Labute approximate surface area is 186 Å². The van der Waals surface area contributed by atoms with Gasteiger partial charge in [0.2, 0.25) is 0 Å². The molecule has 3 aromatic rings. The number of aromatic nitrogens is 1. The zero-order valence-electron chi connectivity index (χ0n) is 16.2. The lowest BCUT2D eigenvalue weighted by atomic mass is 10.1. The number of nitro groups is 1. The molecule has 0 saturated carbocycles. The molecular weight excluding hydrogens is 442 g/mol. The Balaban J connectivity index is 1.54. The van der Waals surface area contributed by atoms with E-state index in [1.54, 1.807) is 18.2 Å². The topological polar surface area (TPSA) is 111 Å². The number of aryl methyl sites for hydroxylation is 1. The smallest absolute Gasteiger partial charge is 0.331 e. The summed E-state index contributed by atoms with van der Waals surface area (Å²) >= 11 is 7.28. The fourth-order valence-corrected chi connectivity index (χ4v) is 3.38. The highest BCUT2D eigenvalue weighted by atomic mass is 35.5. The molecule has 0 unspecified atom stereocenters. The number of thiazole rings is 1. The molecule has 1 N–H and O–H groups in total. The van der Waals surface area contributed by atoms with Crippen molar-refractivity contribution >= 4 is 52.3 Å². The number of anilines is 1. The van der Waals surface area contributed by atoms with Gasteiger partial charge in [-0.3, -0.25) is 14.9 Å². The van der Waals surface area contributed by atoms with Crippen molar-refractivity contribution in [2.24, 2.45) is 0 Å². The second-order valence-corrected chi connectivity index (χ2v) is 7.76. The SMILES string of the molecule is Cc1nc(-c2cccc(NC(=O)COC(=O)/C=C/c3ccc(Cl)c([N+](=O)[O-])c3)c2)cs1. The molecule has 0 spiro atoms. The van der Waals surface area contributed by atoms with Gasteiger partial charge in [0.1, 0.15) is 5.02 Å². The van der Waals surface area contributed by atoms with Gasteiger partial charge in [0.15, 0.2) is 6.61 Å². The minimum absolute atomic E-state index is 0.00428. The Morgan fingerprint density at radius 2 is 2.10 bits per heavy atom. The van der Waals surface area contributed by atoms with Crippen molar-refractivity contribution in [1.29, 1.82) is 0 Å². The van der Waals surface area contributed by atoms with Gasteiger partial charge in [-0.05, 0) is 36.8 Å². The molecule has 0 aliphatic carbocycles. The number of esters is 1. The summed E-state index contributed by atoms with van der Waals surface area (Å²) < 4.78 is 4.91. The Morgan fingerprint density at radius 3 is 2.81 bits per heavy atom. The van der Waals surface area contributed by atoms with Crippen LogP contribution >= 0.6 is 22.9 Å². The number of nitro benzene ring substituents is 1. The van der Waals surface area contributed by atoms with E-state index in [0.29, 0.717) is 11.3 Å². The molecule has 2 aromatic carbocycles. The molecule has 0 fully saturated rings. The Bertz CT molecular complexity index is 1180. The number of hydrogen-bond acceptors (Lipinski definition) is 7. The van der Waals surface area contributed by atoms with Crippen LogP contribution in [0.2, 0.25) is 5.02 Å². The van der Waals surface area contributed by atoms with Crippen molar-refractivity contribution in [2.75, 3.05) is 11.9 Å². The van der Waals surface area contributed by atoms with E-state index in [9.17, 15) is 19.7 Å². The number of ether oxygens (including phenoxy) is 1. The first kappa shape index (κ1) is 22.1. The summed E-state index contributed by atoms with van der Waals surface area (Å²) in [6.45, 7) is 1.43. The first-order valence-corrected chi connectivity index (χ1v) is 10.2. The summed E-state index contributed by atoms with van der Waals surface area (Å²) in [5, 5.41) is 16.4. The Morgan fingerprint density at radius 1 is 1.29 bits per heavy atom. The highest BCUT2D eigenvalue weighted by Crippen LogP contribution is 2.26. The summed E-state index contributed by atoms with van der Waals surface area (Å²) in [5.74, 6) is -1.27. The molecule has 0 bridgehead atoms. The second-order valence-electron chi connectivity index (χ2n) is 6.29. The number of carbonyl (C=O) groups is 2. The fourth-order valence-electron chi connectivity index (χ4n) is 2.57. The maximum atomic E-state index is 12.1. The lowest BCUT2D eigenvalue weighted by Gasteiger charge is -2.07. The molecular formula is C21H16ClN3O5S. The third kappa shape index (κ3) is 6.21. The molecule has 1 amide bonds. The first-order chi connectivity index (χ1) is 14.8. The molecule has 10 heteroatoms. The minimum Gasteiger partial charge on any atom is -0.452 e. The Kier molecular flexibility index (Phi) is 7.11. The molecule has 1 aromatic heterocycles. The van der Waals surface area contributed by atoms with E-state index < -0.39 is 23.4 Å². The molecule has 158 valence electrons. The van der Waals surface area contributed by atoms with E-state index in [4.69, 9.17) is 16.3 Å². The van der Waals surface area contributed by atoms with Crippen LogP contribution in [0, 0.1) is 17.0 Å². The number of halogens is 1. The van der Waals surface area contributed by atoms with Gasteiger partial charge in [0, 0.05) is 28.8 Å². The van der Waals surface area contributed by atoms with Crippen molar-refractivity contribution in [2.45, 2.75) is 6.92 Å². The number of amides is 1. The van der Waals surface area contributed by atoms with Gasteiger partial charge in [-0.15, -0.1) is 11.3 Å². The molecule has 1 heterocycles. The number of nitrogens with zero attached hydrogens (tertiary/aromatic N) is 2. The molecule has 0 aliphatic rings. The number of hydrogen-bond donors (Lipinski definition) is 1. The zero-order chi connectivity index (χ0) is 22.4. The van der Waals surface area contributed by atoms with E-state index in [1.807, 2.05) is 18.4 Å². The van der Waals surface area contributed by atoms with E-state index in [0.717, 1.165) is 22.3 Å². The molecule has 0 saturated heterocycles. The van der Waals surface area contributed by atoms with Crippen LogP contribution in [-0.2, 0) is 14.3 Å². The van der Waals surface area contributed by atoms with Gasteiger partial charge >= 0.3 is 5.97 Å². The predicted octanol–water partition coefficient (Wildman–Crippen LogP) is 4.88. The van der Waals surface area contributed by atoms with Gasteiger partial charge < -0.3 is 10.1 Å². The van der Waals surface area contributed by atoms with Crippen molar-refractivity contribution < 1.29 is 19.2 Å². The fraction of sp³-hybridized carbons (Fsp3) is 0.0952. The van der Waals surface area contributed by atoms with E-state index >= 15 is 0 Å². The van der Waals surface area contributed by atoms with Gasteiger partial charge in [-0.25, -0.2) is 9.78 Å². The van der Waals surface area contributed by atoms with Crippen LogP contribution in [0.4, 0.5) is 11.4 Å². The van der Waals surface area contributed by atoms with Crippen molar-refractivity contribution in [1.82, 2.24) is 4.98 Å².